The number of rotatable bonds is 2. The van der Waals surface area contributed by atoms with Gasteiger partial charge in [0.15, 0.2) is 0 Å². The van der Waals surface area contributed by atoms with Crippen molar-refractivity contribution in [1.82, 2.24) is 0 Å². The summed E-state index contributed by atoms with van der Waals surface area (Å²) in [5, 5.41) is 0. The predicted molar refractivity (Wildman–Crippen MR) is 81.4 cm³/mol. The van der Waals surface area contributed by atoms with Crippen LogP contribution in [0.5, 0.6) is 0 Å². The first kappa shape index (κ1) is 16.0. The van der Waals surface area contributed by atoms with Gasteiger partial charge in [0.2, 0.25) is 5.91 Å². The van der Waals surface area contributed by atoms with E-state index in [1.807, 2.05) is 0 Å². The van der Waals surface area contributed by atoms with E-state index in [0.29, 0.717) is 5.69 Å². The fraction of sp³-hybridized carbons (Fsp3) is 0.176. The molecule has 0 bridgehead atoms. The summed E-state index contributed by atoms with van der Waals surface area (Å²) in [6.07, 6.45) is -4.19. The number of alkyl halides is 3. The molecule has 1 heterocycles. The van der Waals surface area contributed by atoms with E-state index in [9.17, 15) is 22.8 Å². The Morgan fingerprint density at radius 3 is 2.25 bits per heavy atom. The highest BCUT2D eigenvalue weighted by molar-refractivity contribution is 6.11. The minimum atomic E-state index is -4.47. The maximum absolute atomic E-state index is 12.7. The first-order valence-electron chi connectivity index (χ1n) is 7.17. The SMILES string of the molecule is NC(=O)C1Cc2ccccc2N1C(=O)c1ccc(C(F)(F)F)cc1. The topological polar surface area (TPSA) is 63.4 Å². The molecular weight excluding hydrogens is 321 g/mol. The van der Waals surface area contributed by atoms with Crippen molar-refractivity contribution in [3.63, 3.8) is 0 Å². The van der Waals surface area contributed by atoms with Crippen LogP contribution in [0.4, 0.5) is 18.9 Å². The number of carbonyl (C=O) groups is 2. The molecule has 0 aliphatic carbocycles. The molecule has 0 spiro atoms. The maximum atomic E-state index is 12.7. The molecule has 24 heavy (non-hydrogen) atoms. The van der Waals surface area contributed by atoms with Gasteiger partial charge in [0, 0.05) is 17.7 Å². The Hall–Kier alpha value is -2.83. The summed E-state index contributed by atoms with van der Waals surface area (Å²) in [7, 11) is 0. The molecule has 0 saturated carbocycles. The highest BCUT2D eigenvalue weighted by Gasteiger charge is 2.38. The molecule has 0 aromatic heterocycles. The molecule has 1 aliphatic rings. The number of anilines is 1. The quantitative estimate of drug-likeness (QED) is 0.918. The summed E-state index contributed by atoms with van der Waals surface area (Å²) in [6.45, 7) is 0. The number of benzene rings is 2. The predicted octanol–water partition coefficient (Wildman–Crippen LogP) is 2.76. The zero-order valence-corrected chi connectivity index (χ0v) is 12.4. The molecule has 0 fully saturated rings. The van der Waals surface area contributed by atoms with E-state index in [1.165, 1.54) is 4.90 Å². The van der Waals surface area contributed by atoms with Crippen molar-refractivity contribution >= 4 is 17.5 Å². The summed E-state index contributed by atoms with van der Waals surface area (Å²) < 4.78 is 37.9. The Morgan fingerprint density at radius 1 is 1.04 bits per heavy atom. The second-order valence-corrected chi connectivity index (χ2v) is 5.50. The number of nitrogens with two attached hydrogens (primary N) is 1. The van der Waals surface area contributed by atoms with Crippen LogP contribution < -0.4 is 10.6 Å². The van der Waals surface area contributed by atoms with Crippen molar-refractivity contribution in [2.24, 2.45) is 5.73 Å². The zero-order valence-electron chi connectivity index (χ0n) is 12.4. The lowest BCUT2D eigenvalue weighted by Gasteiger charge is -2.23. The van der Waals surface area contributed by atoms with Gasteiger partial charge in [-0.15, -0.1) is 0 Å². The molecule has 3 rings (SSSR count). The average Bonchev–Trinajstić information content (AvgIpc) is 2.93. The lowest BCUT2D eigenvalue weighted by molar-refractivity contribution is -0.137. The summed E-state index contributed by atoms with van der Waals surface area (Å²) in [4.78, 5) is 25.7. The number of halogens is 3. The second-order valence-electron chi connectivity index (χ2n) is 5.50. The van der Waals surface area contributed by atoms with Crippen molar-refractivity contribution in [1.29, 1.82) is 0 Å². The molecule has 1 atom stereocenters. The number of fused-ring (bicyclic) bond motifs is 1. The van der Waals surface area contributed by atoms with Crippen molar-refractivity contribution in [3.05, 3.63) is 65.2 Å². The second kappa shape index (κ2) is 5.67. The Labute approximate surface area is 135 Å². The highest BCUT2D eigenvalue weighted by Crippen LogP contribution is 2.34. The van der Waals surface area contributed by atoms with Crippen LogP contribution in [0.25, 0.3) is 0 Å². The Balaban J connectivity index is 1.97. The molecule has 7 heteroatoms. The van der Waals surface area contributed by atoms with E-state index in [1.54, 1.807) is 24.3 Å². The first-order valence-corrected chi connectivity index (χ1v) is 7.17. The van der Waals surface area contributed by atoms with Gasteiger partial charge >= 0.3 is 6.18 Å². The fourth-order valence-corrected chi connectivity index (χ4v) is 2.81. The van der Waals surface area contributed by atoms with Gasteiger partial charge in [-0.2, -0.15) is 13.2 Å². The van der Waals surface area contributed by atoms with Crippen LogP contribution in [0, 0.1) is 0 Å². The molecule has 2 aromatic carbocycles. The van der Waals surface area contributed by atoms with Gasteiger partial charge in [0.25, 0.3) is 5.91 Å². The van der Waals surface area contributed by atoms with Crippen molar-refractivity contribution in [2.75, 3.05) is 4.90 Å². The van der Waals surface area contributed by atoms with Gasteiger partial charge < -0.3 is 5.73 Å². The van der Waals surface area contributed by atoms with Crippen LogP contribution in [-0.2, 0) is 17.4 Å². The highest BCUT2D eigenvalue weighted by atomic mass is 19.4. The Bertz CT molecular complexity index is 800. The standard InChI is InChI=1S/C17H13F3N2O2/c18-17(19,20)12-7-5-10(6-8-12)16(24)22-13-4-2-1-3-11(13)9-14(22)15(21)23/h1-8,14H,9H2,(H2,21,23). The Morgan fingerprint density at radius 2 is 1.67 bits per heavy atom. The third-order valence-corrected chi connectivity index (χ3v) is 3.98. The van der Waals surface area contributed by atoms with E-state index in [-0.39, 0.29) is 12.0 Å². The van der Waals surface area contributed by atoms with E-state index < -0.39 is 29.6 Å². The minimum absolute atomic E-state index is 0.0611. The van der Waals surface area contributed by atoms with Gasteiger partial charge in [-0.3, -0.25) is 14.5 Å². The van der Waals surface area contributed by atoms with Crippen molar-refractivity contribution in [2.45, 2.75) is 18.6 Å². The smallest absolute Gasteiger partial charge is 0.368 e. The largest absolute Gasteiger partial charge is 0.416 e. The molecule has 2 amide bonds. The summed E-state index contributed by atoms with van der Waals surface area (Å²) in [5.41, 5.74) is 5.94. The maximum Gasteiger partial charge on any atom is 0.416 e. The lowest BCUT2D eigenvalue weighted by Crippen LogP contribution is -2.46. The zero-order chi connectivity index (χ0) is 17.5. The van der Waals surface area contributed by atoms with E-state index >= 15 is 0 Å². The monoisotopic (exact) mass is 334 g/mol. The molecule has 2 N–H and O–H groups in total. The summed E-state index contributed by atoms with van der Waals surface area (Å²) >= 11 is 0. The van der Waals surface area contributed by atoms with Gasteiger partial charge in [-0.25, -0.2) is 0 Å². The van der Waals surface area contributed by atoms with Crippen molar-refractivity contribution in [3.8, 4) is 0 Å². The van der Waals surface area contributed by atoms with Gasteiger partial charge in [-0.1, -0.05) is 18.2 Å². The molecule has 1 unspecified atom stereocenters. The van der Waals surface area contributed by atoms with Crippen LogP contribution in [0.2, 0.25) is 0 Å². The number of para-hydroxylation sites is 1. The van der Waals surface area contributed by atoms with Crippen LogP contribution >= 0.6 is 0 Å². The normalized spacial score (nSPS) is 16.8. The Kier molecular flexibility index (Phi) is 3.79. The molecular formula is C17H13F3N2O2. The van der Waals surface area contributed by atoms with Gasteiger partial charge in [0.05, 0.1) is 5.56 Å². The number of hydrogen-bond acceptors (Lipinski definition) is 2. The van der Waals surface area contributed by atoms with Gasteiger partial charge in [-0.05, 0) is 35.9 Å². The lowest BCUT2D eigenvalue weighted by atomic mass is 10.1. The van der Waals surface area contributed by atoms with E-state index in [2.05, 4.69) is 0 Å². The third-order valence-electron chi connectivity index (χ3n) is 3.98. The molecule has 1 aliphatic heterocycles. The number of amides is 2. The van der Waals surface area contributed by atoms with E-state index in [4.69, 9.17) is 5.73 Å². The number of hydrogen-bond donors (Lipinski definition) is 1. The number of carbonyl (C=O) groups excluding carboxylic acids is 2. The number of nitrogens with zero attached hydrogens (tertiary/aromatic N) is 1. The molecule has 124 valence electrons. The van der Waals surface area contributed by atoms with Gasteiger partial charge in [0.1, 0.15) is 6.04 Å². The van der Waals surface area contributed by atoms with Crippen LogP contribution in [-0.4, -0.2) is 17.9 Å². The van der Waals surface area contributed by atoms with Crippen molar-refractivity contribution < 1.29 is 22.8 Å². The molecule has 0 radical (unpaired) electrons. The fourth-order valence-electron chi connectivity index (χ4n) is 2.81. The number of primary amides is 1. The third kappa shape index (κ3) is 2.73. The first-order chi connectivity index (χ1) is 11.3. The average molecular weight is 334 g/mol. The molecule has 2 aromatic rings. The molecule has 0 saturated heterocycles. The van der Waals surface area contributed by atoms with E-state index in [0.717, 1.165) is 29.8 Å². The van der Waals surface area contributed by atoms with Crippen LogP contribution in [0.3, 0.4) is 0 Å². The van der Waals surface area contributed by atoms with Crippen LogP contribution in [0.1, 0.15) is 21.5 Å². The summed E-state index contributed by atoms with van der Waals surface area (Å²) in [5.74, 6) is -1.22. The minimum Gasteiger partial charge on any atom is -0.368 e. The summed E-state index contributed by atoms with van der Waals surface area (Å²) in [6, 6.07) is 10.00. The van der Waals surface area contributed by atoms with Crippen LogP contribution in [0.15, 0.2) is 48.5 Å². The molecule has 4 nitrogen and oxygen atoms in total.